The normalized spacial score (nSPS) is 21.4. The van der Waals surface area contributed by atoms with Crippen molar-refractivity contribution < 1.29 is 18.3 Å². The highest BCUT2D eigenvalue weighted by Gasteiger charge is 2.46. The first kappa shape index (κ1) is 16.6. The van der Waals surface area contributed by atoms with E-state index in [1.165, 1.54) is 4.90 Å². The zero-order valence-corrected chi connectivity index (χ0v) is 13.0. The van der Waals surface area contributed by atoms with Crippen molar-refractivity contribution in [2.45, 2.75) is 38.3 Å². The molecule has 0 spiro atoms. The molecule has 2 atom stereocenters. The summed E-state index contributed by atoms with van der Waals surface area (Å²) >= 11 is 0. The van der Waals surface area contributed by atoms with Gasteiger partial charge in [-0.2, -0.15) is 0 Å². The lowest BCUT2D eigenvalue weighted by atomic mass is 10.0. The van der Waals surface area contributed by atoms with Gasteiger partial charge in [-0.1, -0.05) is 6.92 Å². The minimum atomic E-state index is -3.02. The van der Waals surface area contributed by atoms with E-state index in [1.807, 2.05) is 19.9 Å². The number of alkyl halides is 2. The monoisotopic (exact) mass is 313 g/mol. The van der Waals surface area contributed by atoms with Gasteiger partial charge in [-0.05, 0) is 30.5 Å². The summed E-state index contributed by atoms with van der Waals surface area (Å²) < 4.78 is 31.8. The van der Waals surface area contributed by atoms with E-state index in [-0.39, 0.29) is 12.6 Å². The average molecular weight is 313 g/mol. The van der Waals surface area contributed by atoms with Gasteiger partial charge in [0.25, 0.3) is 5.92 Å². The molecule has 0 saturated carbocycles. The SMILES string of the molecule is CCc1cnccc1[C@H](C)N(C)C(=O)N[C@@H]1COCC1(F)F. The van der Waals surface area contributed by atoms with Crippen LogP contribution in [0.5, 0.6) is 0 Å². The molecule has 0 aliphatic carbocycles. The predicted octanol–water partition coefficient (Wildman–Crippen LogP) is 2.38. The molecule has 7 heteroatoms. The molecule has 2 heterocycles. The fraction of sp³-hybridized carbons (Fsp3) is 0.600. The second kappa shape index (κ2) is 6.56. The second-order valence-electron chi connectivity index (χ2n) is 5.49. The highest BCUT2D eigenvalue weighted by atomic mass is 19.3. The molecule has 0 bridgehead atoms. The lowest BCUT2D eigenvalue weighted by Gasteiger charge is -2.29. The van der Waals surface area contributed by atoms with Crippen LogP contribution in [0.25, 0.3) is 0 Å². The summed E-state index contributed by atoms with van der Waals surface area (Å²) in [5, 5.41) is 2.35. The Morgan fingerprint density at radius 3 is 2.95 bits per heavy atom. The Hall–Kier alpha value is -1.76. The van der Waals surface area contributed by atoms with E-state index in [4.69, 9.17) is 4.74 Å². The standard InChI is InChI=1S/C15H21F2N3O2/c1-4-11-7-18-6-5-12(11)10(2)20(3)14(21)19-13-8-22-9-15(13,16)17/h5-7,10,13H,4,8-9H2,1-3H3,(H,19,21)/t10-,13+/m0/s1. The van der Waals surface area contributed by atoms with E-state index in [0.29, 0.717) is 0 Å². The molecular weight excluding hydrogens is 292 g/mol. The van der Waals surface area contributed by atoms with Crippen LogP contribution < -0.4 is 5.32 Å². The molecule has 0 radical (unpaired) electrons. The number of ether oxygens (including phenoxy) is 1. The number of aryl methyl sites for hydroxylation is 1. The molecule has 1 aliphatic heterocycles. The van der Waals surface area contributed by atoms with Crippen LogP contribution >= 0.6 is 0 Å². The first-order chi connectivity index (χ1) is 10.4. The number of hydrogen-bond donors (Lipinski definition) is 1. The molecule has 1 aliphatic rings. The Bertz CT molecular complexity index is 539. The maximum absolute atomic E-state index is 13.5. The zero-order chi connectivity index (χ0) is 16.3. The number of rotatable bonds is 4. The molecule has 2 rings (SSSR count). The number of urea groups is 1. The summed E-state index contributed by atoms with van der Waals surface area (Å²) in [6, 6.07) is -0.214. The van der Waals surface area contributed by atoms with Crippen molar-refractivity contribution >= 4 is 6.03 Å². The number of hydrogen-bond acceptors (Lipinski definition) is 3. The van der Waals surface area contributed by atoms with Crippen LogP contribution in [0, 0.1) is 0 Å². The van der Waals surface area contributed by atoms with Gasteiger partial charge >= 0.3 is 6.03 Å². The molecule has 22 heavy (non-hydrogen) atoms. The van der Waals surface area contributed by atoms with E-state index in [2.05, 4.69) is 10.3 Å². The van der Waals surface area contributed by atoms with E-state index < -0.39 is 24.6 Å². The van der Waals surface area contributed by atoms with Crippen LogP contribution in [-0.2, 0) is 11.2 Å². The summed E-state index contributed by atoms with van der Waals surface area (Å²) in [5.41, 5.74) is 1.99. The average Bonchev–Trinajstić information content (AvgIpc) is 2.84. The minimum absolute atomic E-state index is 0.170. The molecule has 0 aromatic carbocycles. The van der Waals surface area contributed by atoms with Gasteiger partial charge in [0.2, 0.25) is 0 Å². The Balaban J connectivity index is 2.07. The van der Waals surface area contributed by atoms with Crippen LogP contribution in [0.4, 0.5) is 13.6 Å². The third kappa shape index (κ3) is 3.35. The molecular formula is C15H21F2N3O2. The second-order valence-corrected chi connectivity index (χ2v) is 5.49. The summed E-state index contributed by atoms with van der Waals surface area (Å²) in [6.07, 6.45) is 4.21. The third-order valence-corrected chi connectivity index (χ3v) is 4.06. The fourth-order valence-electron chi connectivity index (χ4n) is 2.46. The number of amides is 2. The molecule has 1 aromatic heterocycles. The van der Waals surface area contributed by atoms with Gasteiger partial charge in [-0.3, -0.25) is 4.98 Å². The molecule has 1 fully saturated rings. The van der Waals surface area contributed by atoms with E-state index in [0.717, 1.165) is 17.5 Å². The van der Waals surface area contributed by atoms with Crippen molar-refractivity contribution in [3.8, 4) is 0 Å². The number of carbonyl (C=O) groups is 1. The molecule has 5 nitrogen and oxygen atoms in total. The smallest absolute Gasteiger partial charge is 0.318 e. The summed E-state index contributed by atoms with van der Waals surface area (Å²) in [4.78, 5) is 17.7. The Labute approximate surface area is 128 Å². The predicted molar refractivity (Wildman–Crippen MR) is 77.9 cm³/mol. The highest BCUT2D eigenvalue weighted by Crippen LogP contribution is 2.26. The van der Waals surface area contributed by atoms with Crippen molar-refractivity contribution in [1.82, 2.24) is 15.2 Å². The van der Waals surface area contributed by atoms with E-state index in [9.17, 15) is 13.6 Å². The fourth-order valence-corrected chi connectivity index (χ4v) is 2.46. The molecule has 122 valence electrons. The van der Waals surface area contributed by atoms with Gasteiger partial charge in [0.15, 0.2) is 0 Å². The topological polar surface area (TPSA) is 54.5 Å². The molecule has 1 N–H and O–H groups in total. The zero-order valence-electron chi connectivity index (χ0n) is 13.0. The van der Waals surface area contributed by atoms with E-state index in [1.54, 1.807) is 19.4 Å². The van der Waals surface area contributed by atoms with Crippen molar-refractivity contribution in [2.24, 2.45) is 0 Å². The van der Waals surface area contributed by atoms with Crippen LogP contribution in [-0.4, -0.2) is 48.1 Å². The molecule has 0 unspecified atom stereocenters. The number of halogens is 2. The number of pyridine rings is 1. The first-order valence-electron chi connectivity index (χ1n) is 7.28. The largest absolute Gasteiger partial charge is 0.373 e. The number of nitrogens with one attached hydrogen (secondary N) is 1. The van der Waals surface area contributed by atoms with Crippen LogP contribution in [0.3, 0.4) is 0 Å². The Morgan fingerprint density at radius 2 is 2.36 bits per heavy atom. The van der Waals surface area contributed by atoms with Crippen molar-refractivity contribution in [2.75, 3.05) is 20.3 Å². The summed E-state index contributed by atoms with van der Waals surface area (Å²) in [6.45, 7) is 3.04. The van der Waals surface area contributed by atoms with Crippen LogP contribution in [0.2, 0.25) is 0 Å². The van der Waals surface area contributed by atoms with E-state index >= 15 is 0 Å². The van der Waals surface area contributed by atoms with Gasteiger partial charge in [0.05, 0.1) is 12.6 Å². The minimum Gasteiger partial charge on any atom is -0.373 e. The van der Waals surface area contributed by atoms with Gasteiger partial charge < -0.3 is 15.0 Å². The van der Waals surface area contributed by atoms with Crippen LogP contribution in [0.15, 0.2) is 18.5 Å². The maximum Gasteiger partial charge on any atom is 0.318 e. The summed E-state index contributed by atoms with van der Waals surface area (Å²) in [5.74, 6) is -3.02. The van der Waals surface area contributed by atoms with Crippen molar-refractivity contribution in [1.29, 1.82) is 0 Å². The van der Waals surface area contributed by atoms with Crippen LogP contribution in [0.1, 0.15) is 31.0 Å². The number of aromatic nitrogens is 1. The third-order valence-electron chi connectivity index (χ3n) is 4.06. The number of nitrogens with zero attached hydrogens (tertiary/aromatic N) is 2. The lowest BCUT2D eigenvalue weighted by Crippen LogP contribution is -2.51. The summed E-state index contributed by atoms with van der Waals surface area (Å²) in [7, 11) is 1.59. The van der Waals surface area contributed by atoms with Gasteiger partial charge in [-0.25, -0.2) is 13.6 Å². The lowest BCUT2D eigenvalue weighted by molar-refractivity contribution is -0.0223. The Kier molecular flexibility index (Phi) is 4.95. The van der Waals surface area contributed by atoms with Gasteiger partial charge in [0.1, 0.15) is 12.6 Å². The highest BCUT2D eigenvalue weighted by molar-refractivity contribution is 5.75. The van der Waals surface area contributed by atoms with Crippen molar-refractivity contribution in [3.63, 3.8) is 0 Å². The van der Waals surface area contributed by atoms with Gasteiger partial charge in [-0.15, -0.1) is 0 Å². The maximum atomic E-state index is 13.5. The molecule has 2 amide bonds. The first-order valence-corrected chi connectivity index (χ1v) is 7.28. The quantitative estimate of drug-likeness (QED) is 0.928. The number of carbonyl (C=O) groups excluding carboxylic acids is 1. The van der Waals surface area contributed by atoms with Crippen molar-refractivity contribution in [3.05, 3.63) is 29.6 Å². The molecule has 1 saturated heterocycles. The van der Waals surface area contributed by atoms with Gasteiger partial charge in [0, 0.05) is 19.4 Å². The Morgan fingerprint density at radius 1 is 1.64 bits per heavy atom. The molecule has 1 aromatic rings.